The molecule has 1 aliphatic carbocycles. The summed E-state index contributed by atoms with van der Waals surface area (Å²) >= 11 is 0. The van der Waals surface area contributed by atoms with Crippen molar-refractivity contribution in [3.8, 4) is 11.6 Å². The molecule has 7 nitrogen and oxygen atoms in total. The largest absolute Gasteiger partial charge is 0.379 e. The van der Waals surface area contributed by atoms with Crippen LogP contribution in [-0.4, -0.2) is 20.5 Å². The van der Waals surface area contributed by atoms with E-state index in [1.165, 1.54) is 12.8 Å². The smallest absolute Gasteiger partial charge is 0.284 e. The summed E-state index contributed by atoms with van der Waals surface area (Å²) < 4.78 is 9.58. The van der Waals surface area contributed by atoms with E-state index in [0.29, 0.717) is 11.6 Å². The van der Waals surface area contributed by atoms with Crippen LogP contribution in [0.1, 0.15) is 37.4 Å². The first-order chi connectivity index (χ1) is 7.84. The van der Waals surface area contributed by atoms with Gasteiger partial charge < -0.3 is 10.3 Å². The molecule has 16 heavy (non-hydrogen) atoms. The Bertz CT molecular complexity index is 486. The summed E-state index contributed by atoms with van der Waals surface area (Å²) in [5.41, 5.74) is 5.86. The van der Waals surface area contributed by atoms with E-state index < -0.39 is 0 Å². The van der Waals surface area contributed by atoms with E-state index in [9.17, 15) is 0 Å². The van der Waals surface area contributed by atoms with Crippen LogP contribution in [0.15, 0.2) is 9.15 Å². The zero-order chi connectivity index (χ0) is 11.0. The van der Waals surface area contributed by atoms with Crippen LogP contribution in [0.3, 0.4) is 0 Å². The first-order valence-electron chi connectivity index (χ1n) is 5.26. The molecule has 84 valence electrons. The minimum absolute atomic E-state index is 0.168. The normalized spacial score (nSPS) is 17.0. The molecule has 7 heteroatoms. The van der Waals surface area contributed by atoms with Gasteiger partial charge in [0.25, 0.3) is 5.89 Å². The second-order valence-corrected chi connectivity index (χ2v) is 3.94. The van der Waals surface area contributed by atoms with Gasteiger partial charge in [-0.05, 0) is 23.2 Å². The Morgan fingerprint density at radius 1 is 1.12 bits per heavy atom. The molecule has 2 aromatic rings. The summed E-state index contributed by atoms with van der Waals surface area (Å²) in [5, 5.41) is 11.0. The maximum absolute atomic E-state index is 5.54. The number of aromatic nitrogens is 4. The summed E-state index contributed by atoms with van der Waals surface area (Å²) in [4.78, 5) is 4.28. The molecule has 0 aliphatic heterocycles. The van der Waals surface area contributed by atoms with Crippen LogP contribution in [0.25, 0.3) is 11.6 Å². The number of anilines is 1. The summed E-state index contributed by atoms with van der Waals surface area (Å²) in [6.07, 6.45) is 4.68. The third-order valence-corrected chi connectivity index (χ3v) is 2.88. The van der Waals surface area contributed by atoms with Crippen molar-refractivity contribution in [2.75, 3.05) is 5.73 Å². The van der Waals surface area contributed by atoms with Gasteiger partial charge in [0.1, 0.15) is 0 Å². The van der Waals surface area contributed by atoms with E-state index in [0.717, 1.165) is 18.7 Å². The second kappa shape index (κ2) is 3.58. The van der Waals surface area contributed by atoms with Crippen molar-refractivity contribution in [2.45, 2.75) is 31.6 Å². The highest BCUT2D eigenvalue weighted by Crippen LogP contribution is 2.33. The molecule has 1 saturated carbocycles. The van der Waals surface area contributed by atoms with Crippen molar-refractivity contribution >= 4 is 5.82 Å². The Kier molecular flexibility index (Phi) is 2.09. The predicted octanol–water partition coefficient (Wildman–Crippen LogP) is 1.36. The van der Waals surface area contributed by atoms with Gasteiger partial charge in [-0.15, -0.1) is 0 Å². The maximum atomic E-state index is 5.54. The number of rotatable bonds is 2. The molecular formula is C9H11N5O2. The SMILES string of the molecule is Nc1nonc1-c1nc(C2CCCC2)no1. The van der Waals surface area contributed by atoms with Crippen molar-refractivity contribution in [1.29, 1.82) is 0 Å². The van der Waals surface area contributed by atoms with E-state index >= 15 is 0 Å². The summed E-state index contributed by atoms with van der Waals surface area (Å²) in [6, 6.07) is 0. The Labute approximate surface area is 91.0 Å². The van der Waals surface area contributed by atoms with Gasteiger partial charge in [-0.2, -0.15) is 4.98 Å². The maximum Gasteiger partial charge on any atom is 0.284 e. The van der Waals surface area contributed by atoms with Crippen LogP contribution in [0.5, 0.6) is 0 Å². The van der Waals surface area contributed by atoms with Crippen LogP contribution in [0, 0.1) is 0 Å². The topological polar surface area (TPSA) is 104 Å². The van der Waals surface area contributed by atoms with Crippen molar-refractivity contribution < 1.29 is 9.15 Å². The molecule has 2 aromatic heterocycles. The molecule has 1 aliphatic rings. The summed E-state index contributed by atoms with van der Waals surface area (Å²) in [6.45, 7) is 0. The van der Waals surface area contributed by atoms with Crippen molar-refractivity contribution in [3.63, 3.8) is 0 Å². The first kappa shape index (κ1) is 9.32. The van der Waals surface area contributed by atoms with Gasteiger partial charge in [-0.3, -0.25) is 0 Å². The number of nitrogens with two attached hydrogens (primary N) is 1. The number of nitrogens with zero attached hydrogens (tertiary/aromatic N) is 4. The molecule has 1 fully saturated rings. The molecule has 0 unspecified atom stereocenters. The third-order valence-electron chi connectivity index (χ3n) is 2.88. The summed E-state index contributed by atoms with van der Waals surface area (Å²) in [5.74, 6) is 1.58. The van der Waals surface area contributed by atoms with Crippen molar-refractivity contribution in [1.82, 2.24) is 20.5 Å². The molecule has 0 amide bonds. The molecule has 0 bridgehead atoms. The van der Waals surface area contributed by atoms with Gasteiger partial charge in [-0.1, -0.05) is 18.0 Å². The lowest BCUT2D eigenvalue weighted by Crippen LogP contribution is -1.95. The number of hydrogen-bond donors (Lipinski definition) is 1. The highest BCUT2D eigenvalue weighted by Gasteiger charge is 2.24. The van der Waals surface area contributed by atoms with E-state index in [-0.39, 0.29) is 11.7 Å². The minimum atomic E-state index is 0.168. The van der Waals surface area contributed by atoms with E-state index in [1.807, 2.05) is 0 Å². The lowest BCUT2D eigenvalue weighted by Gasteiger charge is -1.99. The first-order valence-corrected chi connectivity index (χ1v) is 5.26. The molecular weight excluding hydrogens is 210 g/mol. The van der Waals surface area contributed by atoms with Crippen molar-refractivity contribution in [3.05, 3.63) is 5.82 Å². The van der Waals surface area contributed by atoms with Crippen LogP contribution in [0.2, 0.25) is 0 Å². The lowest BCUT2D eigenvalue weighted by atomic mass is 10.1. The van der Waals surface area contributed by atoms with E-state index in [1.54, 1.807) is 0 Å². The molecule has 0 saturated heterocycles. The summed E-state index contributed by atoms with van der Waals surface area (Å²) in [7, 11) is 0. The molecule has 2 N–H and O–H groups in total. The van der Waals surface area contributed by atoms with E-state index in [2.05, 4.69) is 25.1 Å². The molecule has 0 atom stereocenters. The molecule has 3 rings (SSSR count). The fraction of sp³-hybridized carbons (Fsp3) is 0.556. The van der Waals surface area contributed by atoms with Crippen LogP contribution in [-0.2, 0) is 0 Å². The average molecular weight is 221 g/mol. The molecule has 0 radical (unpaired) electrons. The van der Waals surface area contributed by atoms with Gasteiger partial charge >= 0.3 is 0 Å². The zero-order valence-corrected chi connectivity index (χ0v) is 8.59. The Balaban J connectivity index is 1.90. The second-order valence-electron chi connectivity index (χ2n) is 3.94. The van der Waals surface area contributed by atoms with Gasteiger partial charge in [-0.25, -0.2) is 4.63 Å². The fourth-order valence-electron chi connectivity index (χ4n) is 2.02. The lowest BCUT2D eigenvalue weighted by molar-refractivity contribution is 0.308. The zero-order valence-electron chi connectivity index (χ0n) is 8.59. The van der Waals surface area contributed by atoms with Gasteiger partial charge in [0.05, 0.1) is 0 Å². The van der Waals surface area contributed by atoms with Gasteiger partial charge in [0, 0.05) is 5.92 Å². The highest BCUT2D eigenvalue weighted by atomic mass is 16.6. The van der Waals surface area contributed by atoms with E-state index in [4.69, 9.17) is 10.3 Å². The fourth-order valence-corrected chi connectivity index (χ4v) is 2.02. The molecule has 2 heterocycles. The average Bonchev–Trinajstić information content (AvgIpc) is 2.96. The Hall–Kier alpha value is -1.92. The monoisotopic (exact) mass is 221 g/mol. The van der Waals surface area contributed by atoms with Crippen LogP contribution < -0.4 is 5.73 Å². The highest BCUT2D eigenvalue weighted by molar-refractivity contribution is 5.60. The Morgan fingerprint density at radius 3 is 2.62 bits per heavy atom. The van der Waals surface area contributed by atoms with Crippen molar-refractivity contribution in [2.24, 2.45) is 0 Å². The Morgan fingerprint density at radius 2 is 1.94 bits per heavy atom. The van der Waals surface area contributed by atoms with Gasteiger partial charge in [0.2, 0.25) is 11.5 Å². The molecule has 0 spiro atoms. The number of nitrogen functional groups attached to an aromatic ring is 1. The quantitative estimate of drug-likeness (QED) is 0.816. The van der Waals surface area contributed by atoms with Crippen LogP contribution in [0.4, 0.5) is 5.82 Å². The van der Waals surface area contributed by atoms with Crippen LogP contribution >= 0.6 is 0 Å². The van der Waals surface area contributed by atoms with Gasteiger partial charge in [0.15, 0.2) is 5.82 Å². The third kappa shape index (κ3) is 1.44. The number of hydrogen-bond acceptors (Lipinski definition) is 7. The predicted molar refractivity (Wildman–Crippen MR) is 53.2 cm³/mol. The standard InChI is InChI=1S/C9H11N5O2/c10-7-6(12-16-13-7)9-11-8(14-15-9)5-3-1-2-4-5/h5H,1-4H2,(H2,10,13). The minimum Gasteiger partial charge on any atom is -0.379 e. The molecule has 0 aromatic carbocycles.